The highest BCUT2D eigenvalue weighted by Gasteiger charge is 2.41. The number of rotatable bonds is 6. The van der Waals surface area contributed by atoms with Crippen molar-refractivity contribution in [2.75, 3.05) is 25.0 Å². The molecule has 37 heavy (non-hydrogen) atoms. The summed E-state index contributed by atoms with van der Waals surface area (Å²) in [5, 5.41) is 3.51. The Bertz CT molecular complexity index is 1370. The number of nitrogens with one attached hydrogen (secondary N) is 2. The van der Waals surface area contributed by atoms with Crippen LogP contribution in [-0.4, -0.2) is 54.0 Å². The number of allylic oxidation sites excluding steroid dienone is 2. The van der Waals surface area contributed by atoms with Crippen LogP contribution in [0.2, 0.25) is 0 Å². The largest absolute Gasteiger partial charge is 0.468 e. The number of piperidine rings is 1. The van der Waals surface area contributed by atoms with Crippen molar-refractivity contribution in [1.82, 2.24) is 4.90 Å². The number of anilines is 1. The van der Waals surface area contributed by atoms with Crippen molar-refractivity contribution in [2.45, 2.75) is 58.1 Å². The van der Waals surface area contributed by atoms with Gasteiger partial charge in [0.25, 0.3) is 5.69 Å². The fourth-order valence-electron chi connectivity index (χ4n) is 6.20. The van der Waals surface area contributed by atoms with Gasteiger partial charge in [-0.1, -0.05) is 49.8 Å². The van der Waals surface area contributed by atoms with Gasteiger partial charge in [-0.25, -0.2) is 4.99 Å². The third-order valence-corrected chi connectivity index (χ3v) is 8.17. The molecule has 0 bridgehead atoms. The second-order valence-corrected chi connectivity index (χ2v) is 10.4. The maximum Gasteiger partial charge on any atom is 0.258 e. The molecule has 190 valence electrons. The molecule has 1 unspecified atom stereocenters. The molecule has 2 atom stereocenters. The Morgan fingerprint density at radius 2 is 1.89 bits per heavy atom. The van der Waals surface area contributed by atoms with Crippen molar-refractivity contribution in [2.24, 2.45) is 0 Å². The molecule has 1 saturated heterocycles. The number of carbonyl (C=O) groups excluding carboxylic acids is 2. The minimum Gasteiger partial charge on any atom is -0.468 e. The molecule has 0 spiro atoms. The van der Waals surface area contributed by atoms with Gasteiger partial charge in [0.1, 0.15) is 5.56 Å². The van der Waals surface area contributed by atoms with Gasteiger partial charge in [0.05, 0.1) is 11.3 Å². The lowest BCUT2D eigenvalue weighted by atomic mass is 9.81. The zero-order chi connectivity index (χ0) is 25.5. The fourth-order valence-corrected chi connectivity index (χ4v) is 6.20. The van der Waals surface area contributed by atoms with Crippen LogP contribution in [0.4, 0.5) is 11.4 Å². The van der Waals surface area contributed by atoms with Crippen molar-refractivity contribution in [3.05, 3.63) is 76.4 Å². The number of benzene rings is 2. The lowest BCUT2D eigenvalue weighted by molar-refractivity contribution is -0.363. The Morgan fingerprint density at radius 3 is 2.68 bits per heavy atom. The van der Waals surface area contributed by atoms with Crippen molar-refractivity contribution in [3.8, 4) is 5.75 Å². The third-order valence-electron chi connectivity index (χ3n) is 8.17. The number of hydrogen-bond donors (Lipinski definition) is 2. The molecule has 4 aliphatic rings. The van der Waals surface area contributed by atoms with Gasteiger partial charge in [-0.05, 0) is 45.2 Å². The van der Waals surface area contributed by atoms with Crippen molar-refractivity contribution < 1.29 is 19.3 Å². The average molecular weight is 497 g/mol. The van der Waals surface area contributed by atoms with E-state index in [-0.39, 0.29) is 17.7 Å². The maximum absolute atomic E-state index is 13.8. The molecule has 0 amide bonds. The summed E-state index contributed by atoms with van der Waals surface area (Å²) in [5.74, 6) is 0.326. The number of nitrogens with zero attached hydrogens (tertiary/aromatic N) is 1. The first kappa shape index (κ1) is 23.9. The predicted molar refractivity (Wildman–Crippen MR) is 145 cm³/mol. The Labute approximate surface area is 218 Å². The van der Waals surface area contributed by atoms with Crippen molar-refractivity contribution in [3.63, 3.8) is 0 Å². The second-order valence-electron chi connectivity index (χ2n) is 10.4. The molecule has 2 heterocycles. The van der Waals surface area contributed by atoms with Crippen LogP contribution in [0.1, 0.15) is 77.8 Å². The summed E-state index contributed by atoms with van der Waals surface area (Å²) in [6.07, 6.45) is 11.8. The van der Waals surface area contributed by atoms with E-state index in [9.17, 15) is 9.59 Å². The molecule has 1 fully saturated rings. The van der Waals surface area contributed by atoms with Crippen LogP contribution in [0, 0.1) is 0 Å². The standard InChI is InChI=1S/C31H33N3O3/c1-3-20-11-6-7-16-34(20)17-9-15-32-23-18-25-29(33-28-19(2)10-8-14-24(28)37-25)27-26(23)30(35)21-12-4-5-13-22(21)31(27)36/h4-5,8,10,12-14,18,20,24,32H,3,6-7,9,11,15-17H2,1-2H3/p+1/t20-,24?/m1/s1. The summed E-state index contributed by atoms with van der Waals surface area (Å²) >= 11 is 0. The van der Waals surface area contributed by atoms with Gasteiger partial charge in [0.2, 0.25) is 17.6 Å². The Morgan fingerprint density at radius 1 is 1.11 bits per heavy atom. The van der Waals surface area contributed by atoms with Crippen molar-refractivity contribution >= 4 is 28.7 Å². The summed E-state index contributed by atoms with van der Waals surface area (Å²) in [4.78, 5) is 33.7. The van der Waals surface area contributed by atoms with E-state index in [0.29, 0.717) is 45.4 Å². The quantitative estimate of drug-likeness (QED) is 0.506. The molecule has 6 rings (SSSR count). The van der Waals surface area contributed by atoms with Gasteiger partial charge in [-0.15, -0.1) is 0 Å². The topological polar surface area (TPSA) is 72.6 Å². The Kier molecular flexibility index (Phi) is 6.29. The van der Waals surface area contributed by atoms with Crippen LogP contribution in [0.25, 0.3) is 0 Å². The Hall–Kier alpha value is -3.51. The van der Waals surface area contributed by atoms with E-state index in [1.54, 1.807) is 18.2 Å². The van der Waals surface area contributed by atoms with Gasteiger partial charge in [0, 0.05) is 41.9 Å². The van der Waals surface area contributed by atoms with E-state index in [1.807, 2.05) is 37.3 Å². The van der Waals surface area contributed by atoms with Gasteiger partial charge in [0.15, 0.2) is 11.5 Å². The SMILES string of the molecule is CC[C@@H]1CCCCN1CCCNc1cc2c(c3c1C(=O)c1ccccc1C3=O)[NH+]=C1C(C)=CC=CC1O2. The highest BCUT2D eigenvalue weighted by atomic mass is 16.5. The van der Waals surface area contributed by atoms with Gasteiger partial charge >= 0.3 is 0 Å². The van der Waals surface area contributed by atoms with Crippen LogP contribution >= 0.6 is 0 Å². The first-order valence-corrected chi connectivity index (χ1v) is 13.6. The number of hydrogen-bond acceptors (Lipinski definition) is 5. The predicted octanol–water partition coefficient (Wildman–Crippen LogP) is 3.96. The van der Waals surface area contributed by atoms with E-state index in [1.165, 1.54) is 25.7 Å². The van der Waals surface area contributed by atoms with E-state index in [0.717, 1.165) is 37.3 Å². The zero-order valence-corrected chi connectivity index (χ0v) is 21.6. The maximum atomic E-state index is 13.8. The van der Waals surface area contributed by atoms with Crippen molar-refractivity contribution in [1.29, 1.82) is 0 Å². The average Bonchev–Trinajstić information content (AvgIpc) is 2.93. The summed E-state index contributed by atoms with van der Waals surface area (Å²) in [6, 6.07) is 9.67. The smallest absolute Gasteiger partial charge is 0.258 e. The molecule has 0 aromatic heterocycles. The number of carbonyl (C=O) groups is 2. The molecule has 2 N–H and O–H groups in total. The first-order chi connectivity index (χ1) is 18.1. The van der Waals surface area contributed by atoms with Crippen LogP contribution in [0.3, 0.4) is 0 Å². The molecule has 2 aliphatic carbocycles. The fraction of sp³-hybridized carbons (Fsp3) is 0.387. The van der Waals surface area contributed by atoms with E-state index < -0.39 is 0 Å². The Balaban J connectivity index is 1.35. The monoisotopic (exact) mass is 496 g/mol. The zero-order valence-electron chi connectivity index (χ0n) is 21.6. The normalized spacial score (nSPS) is 22.2. The number of ether oxygens (including phenoxy) is 1. The van der Waals surface area contributed by atoms with Crippen LogP contribution in [0.5, 0.6) is 5.75 Å². The molecule has 2 aromatic carbocycles. The van der Waals surface area contributed by atoms with Gasteiger partial charge in [-0.2, -0.15) is 0 Å². The molecule has 2 aliphatic heterocycles. The molecular weight excluding hydrogens is 462 g/mol. The van der Waals surface area contributed by atoms with E-state index in [4.69, 9.17) is 4.74 Å². The summed E-state index contributed by atoms with van der Waals surface area (Å²) in [7, 11) is 0. The van der Waals surface area contributed by atoms with E-state index >= 15 is 0 Å². The molecule has 0 saturated carbocycles. The highest BCUT2D eigenvalue weighted by molar-refractivity contribution is 6.32. The molecule has 0 radical (unpaired) electrons. The molecule has 6 nitrogen and oxygen atoms in total. The van der Waals surface area contributed by atoms with Gasteiger partial charge < -0.3 is 15.0 Å². The summed E-state index contributed by atoms with van der Waals surface area (Å²) in [5.41, 5.74) is 4.96. The second kappa shape index (κ2) is 9.75. The number of ketones is 2. The van der Waals surface area contributed by atoms with Crippen LogP contribution < -0.4 is 15.0 Å². The van der Waals surface area contributed by atoms with Crippen LogP contribution in [0.15, 0.2) is 54.1 Å². The third kappa shape index (κ3) is 4.13. The van der Waals surface area contributed by atoms with Crippen LogP contribution in [-0.2, 0) is 0 Å². The summed E-state index contributed by atoms with van der Waals surface area (Å²) < 4.78 is 6.38. The van der Waals surface area contributed by atoms with E-state index in [2.05, 4.69) is 22.1 Å². The molecule has 2 aromatic rings. The van der Waals surface area contributed by atoms with Gasteiger partial charge in [-0.3, -0.25) is 9.59 Å². The first-order valence-electron chi connectivity index (χ1n) is 13.6. The number of likely N-dealkylation sites (tertiary alicyclic amines) is 1. The minimum atomic E-state index is -0.241. The molecule has 6 heteroatoms. The summed E-state index contributed by atoms with van der Waals surface area (Å²) in [6.45, 7) is 7.21. The lowest BCUT2D eigenvalue weighted by Crippen LogP contribution is -2.73. The number of fused-ring (bicyclic) bond motifs is 5. The minimum absolute atomic E-state index is 0.123. The molecular formula is C31H34N3O3+. The highest BCUT2D eigenvalue weighted by Crippen LogP contribution is 2.41. The lowest BCUT2D eigenvalue weighted by Gasteiger charge is -2.35.